The predicted octanol–water partition coefficient (Wildman–Crippen LogP) is 6.85. The molecule has 4 rings (SSSR count). The summed E-state index contributed by atoms with van der Waals surface area (Å²) in [6.45, 7) is 1.86. The molecule has 0 atom stereocenters. The van der Waals surface area contributed by atoms with Crippen LogP contribution in [-0.4, -0.2) is 17.8 Å². The number of carbonyl (C=O) groups excluding carboxylic acids is 3. The molecule has 1 fully saturated rings. The molecule has 1 N–H and O–H groups in total. The van der Waals surface area contributed by atoms with Gasteiger partial charge >= 0.3 is 6.03 Å². The maximum absolute atomic E-state index is 13.3. The van der Waals surface area contributed by atoms with Crippen LogP contribution < -0.4 is 15.0 Å². The van der Waals surface area contributed by atoms with E-state index >= 15 is 0 Å². The van der Waals surface area contributed by atoms with E-state index in [4.69, 9.17) is 51.1 Å². The van der Waals surface area contributed by atoms with Crippen LogP contribution in [0.15, 0.2) is 60.2 Å². The molecule has 0 aliphatic carbocycles. The van der Waals surface area contributed by atoms with Crippen LogP contribution in [0.3, 0.4) is 0 Å². The zero-order chi connectivity index (χ0) is 25.3. The van der Waals surface area contributed by atoms with Crippen molar-refractivity contribution in [2.24, 2.45) is 0 Å². The van der Waals surface area contributed by atoms with Crippen molar-refractivity contribution >= 4 is 76.0 Å². The number of urea groups is 1. The molecule has 1 saturated heterocycles. The van der Waals surface area contributed by atoms with Gasteiger partial charge in [-0.3, -0.25) is 14.9 Å². The van der Waals surface area contributed by atoms with E-state index in [1.54, 1.807) is 55.5 Å². The summed E-state index contributed by atoms with van der Waals surface area (Å²) in [6, 6.07) is 13.8. The van der Waals surface area contributed by atoms with Gasteiger partial charge in [0.15, 0.2) is 0 Å². The molecule has 1 heterocycles. The van der Waals surface area contributed by atoms with Crippen molar-refractivity contribution in [1.82, 2.24) is 5.32 Å². The number of hydrogen-bond acceptors (Lipinski definition) is 4. The third-order valence-corrected chi connectivity index (χ3v) is 6.37. The Bertz CT molecular complexity index is 1400. The highest BCUT2D eigenvalue weighted by Crippen LogP contribution is 2.31. The number of ether oxygens (including phenoxy) is 1. The van der Waals surface area contributed by atoms with Crippen LogP contribution in [0, 0.1) is 6.92 Å². The maximum Gasteiger partial charge on any atom is 0.335 e. The molecule has 0 saturated carbocycles. The second-order valence-electron chi connectivity index (χ2n) is 7.61. The summed E-state index contributed by atoms with van der Waals surface area (Å²) in [7, 11) is 0. The van der Waals surface area contributed by atoms with Gasteiger partial charge in [0.25, 0.3) is 11.8 Å². The van der Waals surface area contributed by atoms with Gasteiger partial charge in [-0.05, 0) is 66.6 Å². The van der Waals surface area contributed by atoms with E-state index in [9.17, 15) is 14.4 Å². The molecule has 3 aromatic carbocycles. The first-order valence-corrected chi connectivity index (χ1v) is 11.7. The number of nitrogens with zero attached hydrogens (tertiary/aromatic N) is 1. The molecule has 1 aliphatic rings. The van der Waals surface area contributed by atoms with E-state index in [-0.39, 0.29) is 17.9 Å². The molecule has 178 valence electrons. The van der Waals surface area contributed by atoms with Crippen molar-refractivity contribution in [2.45, 2.75) is 13.5 Å². The zero-order valence-electron chi connectivity index (χ0n) is 18.1. The fourth-order valence-corrected chi connectivity index (χ4v) is 4.08. The topological polar surface area (TPSA) is 75.7 Å². The number of amides is 4. The number of hydrogen-bond donors (Lipinski definition) is 1. The van der Waals surface area contributed by atoms with Crippen LogP contribution in [0.25, 0.3) is 6.08 Å². The number of anilines is 1. The van der Waals surface area contributed by atoms with E-state index in [2.05, 4.69) is 5.32 Å². The first-order valence-electron chi connectivity index (χ1n) is 10.2. The molecule has 3 aromatic rings. The van der Waals surface area contributed by atoms with Crippen molar-refractivity contribution in [3.63, 3.8) is 0 Å². The molecule has 0 unspecified atom stereocenters. The van der Waals surface area contributed by atoms with Crippen molar-refractivity contribution in [2.75, 3.05) is 4.90 Å². The maximum atomic E-state index is 13.3. The third kappa shape index (κ3) is 5.46. The Kier molecular flexibility index (Phi) is 7.38. The van der Waals surface area contributed by atoms with Gasteiger partial charge in [-0.15, -0.1) is 0 Å². The van der Waals surface area contributed by atoms with Gasteiger partial charge < -0.3 is 4.74 Å². The highest BCUT2D eigenvalue weighted by Gasteiger charge is 2.37. The lowest BCUT2D eigenvalue weighted by atomic mass is 10.0. The van der Waals surface area contributed by atoms with Gasteiger partial charge in [-0.25, -0.2) is 9.69 Å². The van der Waals surface area contributed by atoms with Gasteiger partial charge in [-0.2, -0.15) is 0 Å². The van der Waals surface area contributed by atoms with Crippen LogP contribution in [-0.2, 0) is 16.2 Å². The molecule has 0 spiro atoms. The second-order valence-corrected chi connectivity index (χ2v) is 9.30. The lowest BCUT2D eigenvalue weighted by Gasteiger charge is -2.27. The molecule has 0 bridgehead atoms. The standard InChI is InChI=1S/C25H16Cl4N2O4/c1-13-2-4-17(27)11-21(13)31-24(33)18(23(32)30-25(31)34)10-15-9-16(26)5-7-22(15)35-12-14-3-6-19(28)20(29)8-14/h2-11H,12H2,1H3,(H,30,32,34)/b18-10+. The van der Waals surface area contributed by atoms with Gasteiger partial charge in [0.05, 0.1) is 15.7 Å². The summed E-state index contributed by atoms with van der Waals surface area (Å²) < 4.78 is 5.91. The van der Waals surface area contributed by atoms with Crippen LogP contribution >= 0.6 is 46.4 Å². The quantitative estimate of drug-likeness (QED) is 0.279. The number of barbiturate groups is 1. The van der Waals surface area contributed by atoms with E-state index < -0.39 is 17.8 Å². The fourth-order valence-electron chi connectivity index (χ4n) is 3.41. The SMILES string of the molecule is Cc1ccc(Cl)cc1N1C(=O)NC(=O)/C(=C\c2cc(Cl)ccc2OCc2ccc(Cl)c(Cl)c2)C1=O. The molecule has 0 radical (unpaired) electrons. The summed E-state index contributed by atoms with van der Waals surface area (Å²) in [5.74, 6) is -1.29. The molecule has 0 aromatic heterocycles. The fraction of sp³-hybridized carbons (Fsp3) is 0.0800. The Hall–Kier alpha value is -3.03. The third-order valence-electron chi connectivity index (χ3n) is 5.16. The van der Waals surface area contributed by atoms with E-state index in [0.717, 1.165) is 10.5 Å². The molecular formula is C25H16Cl4N2O4. The van der Waals surface area contributed by atoms with Gasteiger partial charge in [-0.1, -0.05) is 58.5 Å². The number of rotatable bonds is 5. The van der Waals surface area contributed by atoms with Crippen molar-refractivity contribution in [3.05, 3.63) is 97.0 Å². The summed E-state index contributed by atoms with van der Waals surface area (Å²) >= 11 is 24.3. The van der Waals surface area contributed by atoms with Gasteiger partial charge in [0.2, 0.25) is 0 Å². The van der Waals surface area contributed by atoms with E-state index in [0.29, 0.717) is 37.0 Å². The number of benzene rings is 3. The molecule has 1 aliphatic heterocycles. The summed E-state index contributed by atoms with van der Waals surface area (Å²) in [5, 5.41) is 3.70. The average Bonchev–Trinajstić information content (AvgIpc) is 2.80. The van der Waals surface area contributed by atoms with Crippen molar-refractivity contribution in [3.8, 4) is 5.75 Å². The van der Waals surface area contributed by atoms with Crippen LogP contribution in [0.5, 0.6) is 5.75 Å². The highest BCUT2D eigenvalue weighted by molar-refractivity contribution is 6.42. The van der Waals surface area contributed by atoms with Crippen molar-refractivity contribution in [1.29, 1.82) is 0 Å². The molecule has 10 heteroatoms. The van der Waals surface area contributed by atoms with Crippen LogP contribution in [0.2, 0.25) is 20.1 Å². The summed E-state index contributed by atoms with van der Waals surface area (Å²) in [6.07, 6.45) is 1.33. The highest BCUT2D eigenvalue weighted by atomic mass is 35.5. The van der Waals surface area contributed by atoms with E-state index in [1.807, 2.05) is 0 Å². The lowest BCUT2D eigenvalue weighted by molar-refractivity contribution is -0.122. The number of imide groups is 2. The zero-order valence-corrected chi connectivity index (χ0v) is 21.1. The minimum absolute atomic E-state index is 0.140. The smallest absolute Gasteiger partial charge is 0.335 e. The average molecular weight is 550 g/mol. The number of nitrogens with one attached hydrogen (secondary N) is 1. The summed E-state index contributed by atoms with van der Waals surface area (Å²) in [5.41, 5.74) is 1.74. The lowest BCUT2D eigenvalue weighted by Crippen LogP contribution is -2.54. The Labute approximate surface area is 221 Å². The number of halogens is 4. The number of aryl methyl sites for hydroxylation is 1. The largest absolute Gasteiger partial charge is 0.488 e. The molecule has 4 amide bonds. The molecule has 35 heavy (non-hydrogen) atoms. The minimum atomic E-state index is -0.871. The number of carbonyl (C=O) groups is 3. The normalized spacial score (nSPS) is 14.9. The Balaban J connectivity index is 1.69. The minimum Gasteiger partial charge on any atom is -0.488 e. The second kappa shape index (κ2) is 10.3. The van der Waals surface area contributed by atoms with Crippen LogP contribution in [0.4, 0.5) is 10.5 Å². The summed E-state index contributed by atoms with van der Waals surface area (Å²) in [4.78, 5) is 39.3. The van der Waals surface area contributed by atoms with Crippen molar-refractivity contribution < 1.29 is 19.1 Å². The molecule has 6 nitrogen and oxygen atoms in total. The van der Waals surface area contributed by atoms with Gasteiger partial charge in [0.1, 0.15) is 17.9 Å². The van der Waals surface area contributed by atoms with Crippen LogP contribution in [0.1, 0.15) is 16.7 Å². The Morgan fingerprint density at radius 3 is 2.34 bits per heavy atom. The predicted molar refractivity (Wildman–Crippen MR) is 137 cm³/mol. The first kappa shape index (κ1) is 25.1. The Morgan fingerprint density at radius 1 is 0.886 bits per heavy atom. The van der Waals surface area contributed by atoms with Gasteiger partial charge in [0, 0.05) is 15.6 Å². The molecular weight excluding hydrogens is 534 g/mol. The first-order chi connectivity index (χ1) is 16.6. The van der Waals surface area contributed by atoms with E-state index in [1.165, 1.54) is 12.1 Å². The monoisotopic (exact) mass is 548 g/mol. The Morgan fingerprint density at radius 2 is 1.60 bits per heavy atom.